The summed E-state index contributed by atoms with van der Waals surface area (Å²) in [6.07, 6.45) is 0. The number of phenols is 4. The van der Waals surface area contributed by atoms with Crippen molar-refractivity contribution >= 4 is 23.5 Å². The molecule has 212 valence electrons. The van der Waals surface area contributed by atoms with Gasteiger partial charge < -0.3 is 20.4 Å². The van der Waals surface area contributed by atoms with Crippen LogP contribution < -0.4 is 0 Å². The predicted molar refractivity (Wildman–Crippen MR) is 173 cm³/mol. The molecular formula is C37H28O4S2. The van der Waals surface area contributed by atoms with Crippen LogP contribution in [-0.4, -0.2) is 20.4 Å². The van der Waals surface area contributed by atoms with E-state index in [4.69, 9.17) is 0 Å². The molecule has 0 saturated heterocycles. The molecule has 6 heteroatoms. The first-order chi connectivity index (χ1) is 20.9. The van der Waals surface area contributed by atoms with Crippen LogP contribution in [0.5, 0.6) is 23.0 Å². The Labute approximate surface area is 259 Å². The van der Waals surface area contributed by atoms with Crippen LogP contribution in [0.4, 0.5) is 0 Å². The highest BCUT2D eigenvalue weighted by Crippen LogP contribution is 2.45. The number of hydrogen-bond acceptors (Lipinski definition) is 6. The minimum Gasteiger partial charge on any atom is -0.508 e. The predicted octanol–water partition coefficient (Wildman–Crippen LogP) is 9.66. The van der Waals surface area contributed by atoms with E-state index in [-0.39, 0.29) is 23.0 Å². The average Bonchev–Trinajstić information content (AvgIpc) is 3.03. The lowest BCUT2D eigenvalue weighted by atomic mass is 9.83. The molecule has 0 aliphatic carbocycles. The highest BCUT2D eigenvalue weighted by molar-refractivity contribution is 7.99. The first kappa shape index (κ1) is 28.3. The summed E-state index contributed by atoms with van der Waals surface area (Å²) in [5.74, 6) is 0.197. The molecule has 43 heavy (non-hydrogen) atoms. The van der Waals surface area contributed by atoms with Crippen LogP contribution in [0.3, 0.4) is 0 Å². The Morgan fingerprint density at radius 1 is 0.395 bits per heavy atom. The van der Waals surface area contributed by atoms with Crippen LogP contribution in [0, 0.1) is 0 Å². The highest BCUT2D eigenvalue weighted by Gasteiger charge is 2.24. The number of hydrogen-bond donors (Lipinski definition) is 4. The molecule has 0 fully saturated rings. The molecule has 4 nitrogen and oxygen atoms in total. The van der Waals surface area contributed by atoms with Crippen LogP contribution in [0.1, 0.15) is 22.6 Å². The summed E-state index contributed by atoms with van der Waals surface area (Å²) >= 11 is 3.06. The van der Waals surface area contributed by atoms with E-state index < -0.39 is 5.92 Å². The second-order valence-corrected chi connectivity index (χ2v) is 12.3. The molecule has 6 aromatic rings. The average molecular weight is 601 g/mol. The van der Waals surface area contributed by atoms with Crippen molar-refractivity contribution in [2.75, 3.05) is 0 Å². The minimum absolute atomic E-state index is 0.128. The standard InChI is InChI=1S/C37H28O4S2/c38-27-10-14-29(15-11-27)42-31-18-20-35(40)33(22-31)37(26-8-6-25(7-9-26)24-4-2-1-3-5-24)34-23-32(19-21-36(34)41)43-30-16-12-28(39)13-17-30/h1-23,37-41H. The van der Waals surface area contributed by atoms with E-state index in [1.54, 1.807) is 36.4 Å². The Bertz CT molecular complexity index is 1740. The van der Waals surface area contributed by atoms with Gasteiger partial charge in [-0.25, -0.2) is 0 Å². The van der Waals surface area contributed by atoms with E-state index >= 15 is 0 Å². The quantitative estimate of drug-likeness (QED) is 0.130. The van der Waals surface area contributed by atoms with Gasteiger partial charge in [0.15, 0.2) is 0 Å². The number of benzene rings is 6. The topological polar surface area (TPSA) is 80.9 Å². The maximum atomic E-state index is 11.2. The first-order valence-corrected chi connectivity index (χ1v) is 15.3. The Balaban J connectivity index is 1.44. The molecule has 0 atom stereocenters. The number of phenolic OH excluding ortho intramolecular Hbond substituents is 4. The van der Waals surface area contributed by atoms with Crippen molar-refractivity contribution < 1.29 is 20.4 Å². The van der Waals surface area contributed by atoms with Gasteiger partial charge in [0.1, 0.15) is 23.0 Å². The van der Waals surface area contributed by atoms with E-state index in [2.05, 4.69) is 24.3 Å². The largest absolute Gasteiger partial charge is 0.508 e. The lowest BCUT2D eigenvalue weighted by Gasteiger charge is -2.23. The second kappa shape index (κ2) is 12.6. The van der Waals surface area contributed by atoms with E-state index in [0.717, 1.165) is 36.3 Å². The summed E-state index contributed by atoms with van der Waals surface area (Å²) in [7, 11) is 0. The Morgan fingerprint density at radius 3 is 1.28 bits per heavy atom. The molecule has 0 unspecified atom stereocenters. The fraction of sp³-hybridized carbons (Fsp3) is 0.0270. The van der Waals surface area contributed by atoms with Gasteiger partial charge in [-0.2, -0.15) is 0 Å². The molecule has 0 heterocycles. The highest BCUT2D eigenvalue weighted by atomic mass is 32.2. The van der Waals surface area contributed by atoms with Crippen LogP contribution in [-0.2, 0) is 0 Å². The molecule has 0 aromatic heterocycles. The SMILES string of the molecule is Oc1ccc(Sc2ccc(O)c(C(c3ccc(-c4ccccc4)cc3)c3cc(Sc4ccc(O)cc4)ccc3O)c2)cc1. The molecule has 0 amide bonds. The van der Waals surface area contributed by atoms with Crippen molar-refractivity contribution in [2.24, 2.45) is 0 Å². The molecule has 0 aliphatic rings. The van der Waals surface area contributed by atoms with Gasteiger partial charge in [-0.05, 0) is 102 Å². The number of rotatable bonds is 8. The molecule has 0 aliphatic heterocycles. The monoisotopic (exact) mass is 600 g/mol. The third-order valence-corrected chi connectivity index (χ3v) is 9.11. The van der Waals surface area contributed by atoms with E-state index in [1.165, 1.54) is 23.5 Å². The maximum Gasteiger partial charge on any atom is 0.119 e. The van der Waals surface area contributed by atoms with Gasteiger partial charge in [-0.1, -0.05) is 78.1 Å². The second-order valence-electron chi connectivity index (χ2n) is 10.1. The maximum absolute atomic E-state index is 11.2. The smallest absolute Gasteiger partial charge is 0.119 e. The molecule has 0 spiro atoms. The van der Waals surface area contributed by atoms with Gasteiger partial charge in [0.05, 0.1) is 0 Å². The van der Waals surface area contributed by atoms with Crippen molar-refractivity contribution in [3.63, 3.8) is 0 Å². The van der Waals surface area contributed by atoms with Gasteiger partial charge in [-0.3, -0.25) is 0 Å². The Kier molecular flexibility index (Phi) is 8.31. The molecule has 0 saturated carbocycles. The molecular weight excluding hydrogens is 573 g/mol. The summed E-state index contributed by atoms with van der Waals surface area (Å²) in [6, 6.07) is 43.4. The summed E-state index contributed by atoms with van der Waals surface area (Å²) in [6.45, 7) is 0. The van der Waals surface area contributed by atoms with Gasteiger partial charge >= 0.3 is 0 Å². The van der Waals surface area contributed by atoms with Gasteiger partial charge in [0.2, 0.25) is 0 Å². The van der Waals surface area contributed by atoms with Gasteiger partial charge in [-0.15, -0.1) is 0 Å². The number of aromatic hydroxyl groups is 4. The fourth-order valence-electron chi connectivity index (χ4n) is 4.98. The summed E-state index contributed by atoms with van der Waals surface area (Å²) in [4.78, 5) is 3.73. The van der Waals surface area contributed by atoms with Crippen LogP contribution in [0.25, 0.3) is 11.1 Å². The molecule has 6 rings (SSSR count). The van der Waals surface area contributed by atoms with Crippen molar-refractivity contribution in [3.8, 4) is 34.1 Å². The van der Waals surface area contributed by atoms with E-state index in [1.807, 2.05) is 78.9 Å². The van der Waals surface area contributed by atoms with Crippen LogP contribution in [0.2, 0.25) is 0 Å². The van der Waals surface area contributed by atoms with Crippen molar-refractivity contribution in [3.05, 3.63) is 156 Å². The van der Waals surface area contributed by atoms with Gasteiger partial charge in [0.25, 0.3) is 0 Å². The minimum atomic E-state index is -0.467. The van der Waals surface area contributed by atoms with Crippen LogP contribution >= 0.6 is 23.5 Å². The Morgan fingerprint density at radius 2 is 0.814 bits per heavy atom. The van der Waals surface area contributed by atoms with E-state index in [0.29, 0.717) is 11.1 Å². The van der Waals surface area contributed by atoms with E-state index in [9.17, 15) is 20.4 Å². The zero-order valence-electron chi connectivity index (χ0n) is 23.0. The molecule has 4 N–H and O–H groups in total. The fourth-order valence-corrected chi connectivity index (χ4v) is 6.71. The zero-order valence-corrected chi connectivity index (χ0v) is 24.6. The van der Waals surface area contributed by atoms with Crippen molar-refractivity contribution in [2.45, 2.75) is 25.5 Å². The van der Waals surface area contributed by atoms with Gasteiger partial charge in [0, 0.05) is 36.6 Å². The first-order valence-electron chi connectivity index (χ1n) is 13.7. The van der Waals surface area contributed by atoms with Crippen molar-refractivity contribution in [1.29, 1.82) is 0 Å². The third-order valence-electron chi connectivity index (χ3n) is 7.12. The lowest BCUT2D eigenvalue weighted by Crippen LogP contribution is -2.05. The summed E-state index contributed by atoms with van der Waals surface area (Å²) in [5.41, 5.74) is 4.43. The van der Waals surface area contributed by atoms with Crippen molar-refractivity contribution in [1.82, 2.24) is 0 Å². The molecule has 6 aromatic carbocycles. The van der Waals surface area contributed by atoms with Crippen LogP contribution in [0.15, 0.2) is 159 Å². The Hall–Kier alpha value is -4.78. The summed E-state index contributed by atoms with van der Waals surface area (Å²) in [5, 5.41) is 41.9. The lowest BCUT2D eigenvalue weighted by molar-refractivity contribution is 0.458. The zero-order chi connectivity index (χ0) is 29.8. The normalized spacial score (nSPS) is 11.1. The third kappa shape index (κ3) is 6.67. The molecule has 0 bridgehead atoms. The summed E-state index contributed by atoms with van der Waals surface area (Å²) < 4.78 is 0. The molecule has 0 radical (unpaired) electrons.